The summed E-state index contributed by atoms with van der Waals surface area (Å²) in [5.41, 5.74) is 1.15. The highest BCUT2D eigenvalue weighted by Crippen LogP contribution is 2.34. The summed E-state index contributed by atoms with van der Waals surface area (Å²) in [6, 6.07) is 3.91. The number of carbonyl (C=O) groups is 1. The molecule has 2 aromatic rings. The summed E-state index contributed by atoms with van der Waals surface area (Å²) in [4.78, 5) is 22.7. The van der Waals surface area contributed by atoms with Crippen LogP contribution in [0.3, 0.4) is 0 Å². The maximum atomic E-state index is 12.4. The van der Waals surface area contributed by atoms with E-state index in [2.05, 4.69) is 36.1 Å². The van der Waals surface area contributed by atoms with Crippen molar-refractivity contribution in [2.24, 2.45) is 11.3 Å². The summed E-state index contributed by atoms with van der Waals surface area (Å²) in [5, 5.41) is 3.00. The highest BCUT2D eigenvalue weighted by Gasteiger charge is 2.34. The lowest BCUT2D eigenvalue weighted by Crippen LogP contribution is -2.50. The summed E-state index contributed by atoms with van der Waals surface area (Å²) in [6.07, 6.45) is 8.13. The predicted octanol–water partition coefficient (Wildman–Crippen LogP) is 2.84. The second-order valence-corrected chi connectivity index (χ2v) is 7.25. The number of hydrogen-bond acceptors (Lipinski definition) is 3. The Bertz CT molecular complexity index is 678. The zero-order chi connectivity index (χ0) is 17.2. The molecule has 0 radical (unpaired) electrons. The van der Waals surface area contributed by atoms with Crippen LogP contribution in [0.4, 0.5) is 4.79 Å². The van der Waals surface area contributed by atoms with Crippen LogP contribution >= 0.6 is 0 Å². The normalized spacial score (nSPS) is 20.0. The largest absolute Gasteiger partial charge is 0.334 e. The molecule has 3 heterocycles. The SMILES string of the molecule is CC1CCN(C(=O)NCc2ccc(-n3ccnc3)nc2)CC1(C)C. The molecule has 24 heavy (non-hydrogen) atoms. The molecule has 0 aromatic carbocycles. The van der Waals surface area contributed by atoms with Gasteiger partial charge in [0.15, 0.2) is 0 Å². The van der Waals surface area contributed by atoms with E-state index < -0.39 is 0 Å². The number of urea groups is 1. The van der Waals surface area contributed by atoms with Gasteiger partial charge in [0.25, 0.3) is 0 Å². The highest BCUT2D eigenvalue weighted by atomic mass is 16.2. The molecule has 1 aliphatic rings. The standard InChI is InChI=1S/C18H25N5O/c1-14-6-8-22(12-18(14,2)3)17(24)21-11-15-4-5-16(20-10-15)23-9-7-19-13-23/h4-5,7,9-10,13-14H,6,8,11-12H2,1-3H3,(H,21,24). The minimum Gasteiger partial charge on any atom is -0.334 e. The van der Waals surface area contributed by atoms with Crippen LogP contribution < -0.4 is 5.32 Å². The molecule has 3 rings (SSSR count). The number of aromatic nitrogens is 3. The topological polar surface area (TPSA) is 63.1 Å². The van der Waals surface area contributed by atoms with Crippen LogP contribution in [0.5, 0.6) is 0 Å². The van der Waals surface area contributed by atoms with Crippen molar-refractivity contribution >= 4 is 6.03 Å². The molecular formula is C18H25N5O. The van der Waals surface area contributed by atoms with E-state index in [-0.39, 0.29) is 11.4 Å². The summed E-state index contributed by atoms with van der Waals surface area (Å²) >= 11 is 0. The number of pyridine rings is 1. The maximum Gasteiger partial charge on any atom is 0.317 e. The number of imidazole rings is 1. The second-order valence-electron chi connectivity index (χ2n) is 7.25. The first-order valence-electron chi connectivity index (χ1n) is 8.42. The zero-order valence-electron chi connectivity index (χ0n) is 14.6. The van der Waals surface area contributed by atoms with Gasteiger partial charge in [-0.3, -0.25) is 4.57 Å². The Morgan fingerprint density at radius 1 is 1.42 bits per heavy atom. The van der Waals surface area contributed by atoms with E-state index in [0.29, 0.717) is 12.5 Å². The smallest absolute Gasteiger partial charge is 0.317 e. The van der Waals surface area contributed by atoms with Gasteiger partial charge >= 0.3 is 6.03 Å². The predicted molar refractivity (Wildman–Crippen MR) is 92.7 cm³/mol. The van der Waals surface area contributed by atoms with E-state index in [1.165, 1.54) is 0 Å². The highest BCUT2D eigenvalue weighted by molar-refractivity contribution is 5.74. The van der Waals surface area contributed by atoms with Crippen molar-refractivity contribution in [3.8, 4) is 5.82 Å². The first-order chi connectivity index (χ1) is 11.5. The van der Waals surface area contributed by atoms with Crippen molar-refractivity contribution in [2.45, 2.75) is 33.7 Å². The maximum absolute atomic E-state index is 12.4. The number of nitrogens with zero attached hydrogens (tertiary/aromatic N) is 4. The van der Waals surface area contributed by atoms with Crippen LogP contribution in [-0.2, 0) is 6.54 Å². The van der Waals surface area contributed by atoms with Crippen LogP contribution in [0.25, 0.3) is 5.82 Å². The van der Waals surface area contributed by atoms with E-state index in [9.17, 15) is 4.79 Å². The molecule has 0 spiro atoms. The lowest BCUT2D eigenvalue weighted by Gasteiger charge is -2.42. The minimum absolute atomic E-state index is 0.00802. The number of likely N-dealkylation sites (tertiary alicyclic amines) is 1. The van der Waals surface area contributed by atoms with Crippen molar-refractivity contribution in [2.75, 3.05) is 13.1 Å². The fraction of sp³-hybridized carbons (Fsp3) is 0.500. The van der Waals surface area contributed by atoms with Gasteiger partial charge in [0.05, 0.1) is 0 Å². The zero-order valence-corrected chi connectivity index (χ0v) is 14.6. The molecule has 1 unspecified atom stereocenters. The first-order valence-corrected chi connectivity index (χ1v) is 8.42. The number of carbonyl (C=O) groups excluding carboxylic acids is 1. The Morgan fingerprint density at radius 3 is 2.88 bits per heavy atom. The van der Waals surface area contributed by atoms with Crippen molar-refractivity contribution in [1.29, 1.82) is 0 Å². The Morgan fingerprint density at radius 2 is 2.25 bits per heavy atom. The summed E-state index contributed by atoms with van der Waals surface area (Å²) in [6.45, 7) is 8.85. The fourth-order valence-electron chi connectivity index (χ4n) is 3.00. The molecular weight excluding hydrogens is 302 g/mol. The Kier molecular flexibility index (Phi) is 4.55. The Balaban J connectivity index is 1.55. The molecule has 1 saturated heterocycles. The van der Waals surface area contributed by atoms with Crippen molar-refractivity contribution in [1.82, 2.24) is 24.8 Å². The van der Waals surface area contributed by atoms with Gasteiger partial charge in [-0.1, -0.05) is 26.8 Å². The van der Waals surface area contributed by atoms with Crippen molar-refractivity contribution in [3.05, 3.63) is 42.6 Å². The Labute approximate surface area is 142 Å². The number of nitrogens with one attached hydrogen (secondary N) is 1. The molecule has 0 saturated carbocycles. The number of hydrogen-bond donors (Lipinski definition) is 1. The fourth-order valence-corrected chi connectivity index (χ4v) is 3.00. The van der Waals surface area contributed by atoms with E-state index >= 15 is 0 Å². The van der Waals surface area contributed by atoms with Crippen LogP contribution in [0, 0.1) is 11.3 Å². The van der Waals surface area contributed by atoms with Crippen molar-refractivity contribution < 1.29 is 4.79 Å². The van der Waals surface area contributed by atoms with Gasteiger partial charge in [-0.2, -0.15) is 0 Å². The molecule has 1 atom stereocenters. The molecule has 0 bridgehead atoms. The number of rotatable bonds is 3. The van der Waals surface area contributed by atoms with Crippen LogP contribution in [0.1, 0.15) is 32.8 Å². The molecule has 6 heteroatoms. The van der Waals surface area contributed by atoms with Crippen molar-refractivity contribution in [3.63, 3.8) is 0 Å². The second kappa shape index (κ2) is 6.63. The lowest BCUT2D eigenvalue weighted by atomic mass is 9.75. The quantitative estimate of drug-likeness (QED) is 0.943. The minimum atomic E-state index is 0.00802. The van der Waals surface area contributed by atoms with Gasteiger partial charge in [-0.15, -0.1) is 0 Å². The Hall–Kier alpha value is -2.37. The van der Waals surface area contributed by atoms with Gasteiger partial charge in [0, 0.05) is 38.2 Å². The average Bonchev–Trinajstić information content (AvgIpc) is 3.10. The van der Waals surface area contributed by atoms with E-state index in [1.807, 2.05) is 27.8 Å². The monoisotopic (exact) mass is 327 g/mol. The van der Waals surface area contributed by atoms with Crippen LogP contribution in [-0.4, -0.2) is 38.6 Å². The summed E-state index contributed by atoms with van der Waals surface area (Å²) in [7, 11) is 0. The summed E-state index contributed by atoms with van der Waals surface area (Å²) < 4.78 is 1.85. The van der Waals surface area contributed by atoms with Crippen LogP contribution in [0.15, 0.2) is 37.1 Å². The molecule has 2 aromatic heterocycles. The van der Waals surface area contributed by atoms with E-state index in [1.54, 1.807) is 18.7 Å². The van der Waals surface area contributed by atoms with E-state index in [0.717, 1.165) is 30.9 Å². The number of piperidine rings is 1. The molecule has 1 fully saturated rings. The third kappa shape index (κ3) is 3.58. The lowest BCUT2D eigenvalue weighted by molar-refractivity contribution is 0.0829. The average molecular weight is 327 g/mol. The molecule has 128 valence electrons. The summed E-state index contributed by atoms with van der Waals surface area (Å²) in [5.74, 6) is 1.45. The van der Waals surface area contributed by atoms with Crippen LogP contribution in [0.2, 0.25) is 0 Å². The third-order valence-electron chi connectivity index (χ3n) is 5.07. The van der Waals surface area contributed by atoms with Gasteiger partial charge in [0.2, 0.25) is 0 Å². The van der Waals surface area contributed by atoms with Gasteiger partial charge in [-0.05, 0) is 29.4 Å². The number of amides is 2. The van der Waals surface area contributed by atoms with Gasteiger partial charge < -0.3 is 10.2 Å². The molecule has 1 aliphatic heterocycles. The molecule has 2 amide bonds. The first kappa shape index (κ1) is 16.5. The molecule has 0 aliphatic carbocycles. The van der Waals surface area contributed by atoms with Gasteiger partial charge in [-0.25, -0.2) is 14.8 Å². The molecule has 1 N–H and O–H groups in total. The van der Waals surface area contributed by atoms with Gasteiger partial charge in [0.1, 0.15) is 12.1 Å². The van der Waals surface area contributed by atoms with E-state index in [4.69, 9.17) is 0 Å². The third-order valence-corrected chi connectivity index (χ3v) is 5.07. The molecule has 6 nitrogen and oxygen atoms in total.